The van der Waals surface area contributed by atoms with Crippen molar-refractivity contribution < 1.29 is 0 Å². The summed E-state index contributed by atoms with van der Waals surface area (Å²) in [5.74, 6) is 0. The van der Waals surface area contributed by atoms with Crippen LogP contribution in [0.2, 0.25) is 0 Å². The highest BCUT2D eigenvalue weighted by molar-refractivity contribution is 6.33. The van der Waals surface area contributed by atoms with Gasteiger partial charge in [0.1, 0.15) is 7.85 Å². The van der Waals surface area contributed by atoms with E-state index in [0.717, 1.165) is 28.1 Å². The lowest BCUT2D eigenvalue weighted by atomic mass is 9.64. The van der Waals surface area contributed by atoms with Crippen LogP contribution in [0, 0.1) is 0 Å². The summed E-state index contributed by atoms with van der Waals surface area (Å²) in [7, 11) is 6.93. The summed E-state index contributed by atoms with van der Waals surface area (Å²) in [6.07, 6.45) is 0. The van der Waals surface area contributed by atoms with Gasteiger partial charge in [-0.25, -0.2) is 0 Å². The Labute approximate surface area is 301 Å². The molecule has 238 valence electrons. The van der Waals surface area contributed by atoms with Gasteiger partial charge in [-0.2, -0.15) is 0 Å². The first-order valence-corrected chi connectivity index (χ1v) is 17.5. The van der Waals surface area contributed by atoms with E-state index in [1.807, 2.05) is 12.1 Å². The van der Waals surface area contributed by atoms with Crippen LogP contribution in [-0.2, 0) is 5.41 Å². The molecule has 0 bridgehead atoms. The molecule has 0 amide bonds. The molecule has 0 spiro atoms. The van der Waals surface area contributed by atoms with Crippen LogP contribution in [0.4, 0.5) is 17.1 Å². The first kappa shape index (κ1) is 30.7. The maximum absolute atomic E-state index is 6.93. The molecule has 8 aromatic carbocycles. The zero-order valence-electron chi connectivity index (χ0n) is 28.2. The van der Waals surface area contributed by atoms with E-state index in [1.54, 1.807) is 0 Å². The van der Waals surface area contributed by atoms with E-state index in [9.17, 15) is 0 Å². The fraction of sp³-hybridized carbons (Fsp3) is 0.0204. The van der Waals surface area contributed by atoms with E-state index < -0.39 is 5.41 Å². The number of hydrogen-bond acceptors (Lipinski definition) is 1. The Bertz CT molecular complexity index is 2340. The minimum absolute atomic E-state index is 0.603. The molecule has 0 aromatic heterocycles. The van der Waals surface area contributed by atoms with E-state index in [1.165, 1.54) is 50.1 Å². The Morgan fingerprint density at radius 1 is 0.333 bits per heavy atom. The van der Waals surface area contributed by atoms with Gasteiger partial charge in [0.05, 0.1) is 5.41 Å². The molecule has 0 heterocycles. The van der Waals surface area contributed by atoms with Crippen LogP contribution >= 0.6 is 0 Å². The molecule has 0 saturated heterocycles. The summed E-state index contributed by atoms with van der Waals surface area (Å²) in [4.78, 5) is 2.36. The number of hydrogen-bond donors (Lipinski definition) is 0. The van der Waals surface area contributed by atoms with Crippen molar-refractivity contribution in [1.29, 1.82) is 0 Å². The largest absolute Gasteiger partial charge is 0.310 e. The summed E-state index contributed by atoms with van der Waals surface area (Å²) in [5, 5.41) is 0. The molecule has 0 aliphatic heterocycles. The second kappa shape index (κ2) is 12.8. The number of anilines is 3. The van der Waals surface area contributed by atoms with Crippen LogP contribution in [0.1, 0.15) is 22.3 Å². The third-order valence-electron chi connectivity index (χ3n) is 10.3. The van der Waals surface area contributed by atoms with Crippen LogP contribution in [0.25, 0.3) is 33.4 Å². The van der Waals surface area contributed by atoms with Gasteiger partial charge in [-0.1, -0.05) is 175 Å². The standard InChI is InChI=1S/C49H34BN/c50-48-25-12-11-24-47(48)49(45-22-9-7-20-43(45)44-21-8-10-23-46(44)49)39-18-13-19-42(34-39)51(40-30-26-37(27-31-40)35-14-3-1-4-15-35)41-32-28-38(29-33-41)36-16-5-2-6-17-36/h1-34H. The molecule has 1 aliphatic carbocycles. The Kier molecular flexibility index (Phi) is 7.71. The molecule has 2 radical (unpaired) electrons. The number of rotatable bonds is 7. The Balaban J connectivity index is 1.25. The van der Waals surface area contributed by atoms with Crippen molar-refractivity contribution in [2.75, 3.05) is 4.90 Å². The van der Waals surface area contributed by atoms with Gasteiger partial charge >= 0.3 is 0 Å². The maximum Gasteiger partial charge on any atom is 0.114 e. The smallest absolute Gasteiger partial charge is 0.114 e. The van der Waals surface area contributed by atoms with E-state index in [0.29, 0.717) is 0 Å². The highest BCUT2D eigenvalue weighted by Gasteiger charge is 2.46. The van der Waals surface area contributed by atoms with Gasteiger partial charge in [-0.3, -0.25) is 0 Å². The van der Waals surface area contributed by atoms with Crippen molar-refractivity contribution in [2.24, 2.45) is 0 Å². The van der Waals surface area contributed by atoms with Crippen LogP contribution < -0.4 is 10.4 Å². The highest BCUT2D eigenvalue weighted by atomic mass is 15.1. The highest BCUT2D eigenvalue weighted by Crippen LogP contribution is 2.56. The summed E-state index contributed by atoms with van der Waals surface area (Å²) >= 11 is 0. The normalized spacial score (nSPS) is 12.5. The summed E-state index contributed by atoms with van der Waals surface area (Å²) in [5.41, 5.74) is 15.4. The average molecular weight is 648 g/mol. The Morgan fingerprint density at radius 2 is 0.765 bits per heavy atom. The van der Waals surface area contributed by atoms with Gasteiger partial charge < -0.3 is 4.90 Å². The predicted octanol–water partition coefficient (Wildman–Crippen LogP) is 11.6. The van der Waals surface area contributed by atoms with Gasteiger partial charge in [0.25, 0.3) is 0 Å². The third-order valence-corrected chi connectivity index (χ3v) is 10.3. The minimum atomic E-state index is -0.603. The van der Waals surface area contributed by atoms with Gasteiger partial charge in [0.15, 0.2) is 0 Å². The first-order valence-electron chi connectivity index (χ1n) is 17.5. The number of fused-ring (bicyclic) bond motifs is 3. The Morgan fingerprint density at radius 3 is 1.27 bits per heavy atom. The van der Waals surface area contributed by atoms with E-state index in [4.69, 9.17) is 7.85 Å². The topological polar surface area (TPSA) is 3.24 Å². The first-order chi connectivity index (χ1) is 25.2. The molecule has 1 aliphatic rings. The minimum Gasteiger partial charge on any atom is -0.310 e. The van der Waals surface area contributed by atoms with Crippen molar-refractivity contribution in [3.05, 3.63) is 229 Å². The lowest BCUT2D eigenvalue weighted by molar-refractivity contribution is 0.774. The average Bonchev–Trinajstić information content (AvgIpc) is 3.50. The van der Waals surface area contributed by atoms with Crippen LogP contribution in [-0.4, -0.2) is 7.85 Å². The molecule has 0 unspecified atom stereocenters. The monoisotopic (exact) mass is 647 g/mol. The molecule has 51 heavy (non-hydrogen) atoms. The lowest BCUT2D eigenvalue weighted by Crippen LogP contribution is -2.34. The summed E-state index contributed by atoms with van der Waals surface area (Å²) in [6, 6.07) is 73.9. The lowest BCUT2D eigenvalue weighted by Gasteiger charge is -2.36. The molecule has 2 heteroatoms. The number of nitrogens with zero attached hydrogens (tertiary/aromatic N) is 1. The summed E-state index contributed by atoms with van der Waals surface area (Å²) in [6.45, 7) is 0. The van der Waals surface area contributed by atoms with Gasteiger partial charge in [0.2, 0.25) is 0 Å². The predicted molar refractivity (Wildman–Crippen MR) is 215 cm³/mol. The molecule has 9 rings (SSSR count). The van der Waals surface area contributed by atoms with Crippen molar-refractivity contribution in [1.82, 2.24) is 0 Å². The van der Waals surface area contributed by atoms with Crippen molar-refractivity contribution >= 4 is 30.4 Å². The van der Waals surface area contributed by atoms with Gasteiger partial charge in [-0.15, -0.1) is 0 Å². The third kappa shape index (κ3) is 5.19. The summed E-state index contributed by atoms with van der Waals surface area (Å²) < 4.78 is 0. The van der Waals surface area contributed by atoms with Crippen LogP contribution in [0.15, 0.2) is 206 Å². The van der Waals surface area contributed by atoms with Crippen molar-refractivity contribution in [3.8, 4) is 33.4 Å². The van der Waals surface area contributed by atoms with E-state index >= 15 is 0 Å². The zero-order valence-corrected chi connectivity index (χ0v) is 28.2. The van der Waals surface area contributed by atoms with Crippen LogP contribution in [0.3, 0.4) is 0 Å². The quantitative estimate of drug-likeness (QED) is 0.156. The second-order valence-electron chi connectivity index (χ2n) is 13.1. The number of benzene rings is 8. The van der Waals surface area contributed by atoms with E-state index in [-0.39, 0.29) is 0 Å². The molecule has 1 nitrogen and oxygen atoms in total. The Hall–Kier alpha value is -6.38. The second-order valence-corrected chi connectivity index (χ2v) is 13.1. The van der Waals surface area contributed by atoms with Crippen molar-refractivity contribution in [2.45, 2.75) is 5.41 Å². The van der Waals surface area contributed by atoms with E-state index in [2.05, 4.69) is 199 Å². The molecule has 0 atom stereocenters. The molecule has 0 fully saturated rings. The van der Waals surface area contributed by atoms with Gasteiger partial charge in [-0.05, 0) is 92.0 Å². The molecule has 0 saturated carbocycles. The molecular weight excluding hydrogens is 613 g/mol. The fourth-order valence-electron chi connectivity index (χ4n) is 8.02. The SMILES string of the molecule is [B]c1ccccc1C1(c2cccc(N(c3ccc(-c4ccccc4)cc3)c3ccc(-c4ccccc4)cc3)c2)c2ccccc2-c2ccccc21. The fourth-order valence-corrected chi connectivity index (χ4v) is 8.02. The van der Waals surface area contributed by atoms with Crippen molar-refractivity contribution in [3.63, 3.8) is 0 Å². The zero-order chi connectivity index (χ0) is 34.2. The molecular formula is C49H34BN. The van der Waals surface area contributed by atoms with Gasteiger partial charge in [0, 0.05) is 17.1 Å². The van der Waals surface area contributed by atoms with Crippen LogP contribution in [0.5, 0.6) is 0 Å². The molecule has 0 N–H and O–H groups in total. The maximum atomic E-state index is 6.93. The molecule has 8 aromatic rings.